The van der Waals surface area contributed by atoms with E-state index in [1.807, 2.05) is 19.0 Å². The molecule has 0 atom stereocenters. The molecule has 9 nitrogen and oxygen atoms in total. The Kier molecular flexibility index (Phi) is 4.30. The Bertz CT molecular complexity index is 1270. The van der Waals surface area contributed by atoms with Gasteiger partial charge in [-0.05, 0) is 24.6 Å². The number of nitrogens with zero attached hydrogens (tertiary/aromatic N) is 6. The lowest BCUT2D eigenvalue weighted by Crippen LogP contribution is -2.28. The first-order chi connectivity index (χ1) is 13.3. The van der Waals surface area contributed by atoms with Gasteiger partial charge in [0, 0.05) is 19.8 Å². The van der Waals surface area contributed by atoms with E-state index in [-0.39, 0.29) is 6.54 Å². The highest BCUT2D eigenvalue weighted by atomic mass is 32.1. The van der Waals surface area contributed by atoms with Crippen LogP contribution in [0.5, 0.6) is 0 Å². The van der Waals surface area contributed by atoms with Gasteiger partial charge in [0.25, 0.3) is 0 Å². The van der Waals surface area contributed by atoms with Gasteiger partial charge in [0.05, 0.1) is 0 Å². The van der Waals surface area contributed by atoms with E-state index in [0.717, 1.165) is 9.81 Å². The van der Waals surface area contributed by atoms with Crippen LogP contribution in [0.1, 0.15) is 5.56 Å². The predicted octanol–water partition coefficient (Wildman–Crippen LogP) is 1.65. The highest BCUT2D eigenvalue weighted by Gasteiger charge is 2.17. The number of hydrogen-bond acceptors (Lipinski definition) is 7. The third-order valence-corrected chi connectivity index (χ3v) is 5.31. The number of aromatic nitrogens is 5. The molecule has 1 aromatic carbocycles. The first-order valence-corrected chi connectivity index (χ1v) is 9.13. The van der Waals surface area contributed by atoms with Gasteiger partial charge >= 0.3 is 5.69 Å². The fourth-order valence-corrected chi connectivity index (χ4v) is 3.54. The molecule has 0 bridgehead atoms. The Morgan fingerprint density at radius 1 is 1.36 bits per heavy atom. The number of benzene rings is 1. The lowest BCUT2D eigenvalue weighted by atomic mass is 10.2. The topological polar surface area (TPSA) is 97.4 Å². The van der Waals surface area contributed by atoms with Crippen LogP contribution in [-0.4, -0.2) is 44.2 Å². The smallest absolute Gasteiger partial charge is 0.352 e. The molecular formula is C17H16FN7O2S. The summed E-state index contributed by atoms with van der Waals surface area (Å²) in [5.74, 6) is -0.908. The molecule has 0 saturated carbocycles. The summed E-state index contributed by atoms with van der Waals surface area (Å²) in [5.41, 5.74) is 1.17. The summed E-state index contributed by atoms with van der Waals surface area (Å²) >= 11 is 1.36. The number of rotatable bonds is 4. The zero-order valence-electron chi connectivity index (χ0n) is 15.3. The second-order valence-corrected chi connectivity index (χ2v) is 7.41. The van der Waals surface area contributed by atoms with Gasteiger partial charge in [-0.15, -0.1) is 5.10 Å². The molecule has 3 heterocycles. The van der Waals surface area contributed by atoms with E-state index >= 15 is 0 Å². The average Bonchev–Trinajstić information content (AvgIpc) is 3.20. The number of aryl methyl sites for hydroxylation is 1. The maximum absolute atomic E-state index is 13.6. The predicted molar refractivity (Wildman–Crippen MR) is 105 cm³/mol. The minimum Gasteiger partial charge on any atom is -0.354 e. The highest BCUT2D eigenvalue weighted by Crippen LogP contribution is 2.28. The van der Waals surface area contributed by atoms with Crippen molar-refractivity contribution in [3.8, 4) is 0 Å². The van der Waals surface area contributed by atoms with Gasteiger partial charge in [-0.1, -0.05) is 17.4 Å². The van der Waals surface area contributed by atoms with Crippen LogP contribution in [0.25, 0.3) is 16.0 Å². The summed E-state index contributed by atoms with van der Waals surface area (Å²) in [4.78, 5) is 35.3. The van der Waals surface area contributed by atoms with Crippen molar-refractivity contribution in [1.29, 1.82) is 0 Å². The minimum absolute atomic E-state index is 0.309. The minimum atomic E-state index is -0.491. The molecule has 0 unspecified atom stereocenters. The second-order valence-electron chi connectivity index (χ2n) is 6.43. The van der Waals surface area contributed by atoms with Gasteiger partial charge in [0.15, 0.2) is 16.4 Å². The van der Waals surface area contributed by atoms with Crippen molar-refractivity contribution in [2.75, 3.05) is 24.3 Å². The van der Waals surface area contributed by atoms with E-state index in [9.17, 15) is 14.0 Å². The van der Waals surface area contributed by atoms with Gasteiger partial charge in [-0.3, -0.25) is 4.79 Å². The maximum atomic E-state index is 13.6. The number of nitrogens with one attached hydrogen (secondary N) is 1. The molecule has 4 rings (SSSR count). The van der Waals surface area contributed by atoms with E-state index in [4.69, 9.17) is 0 Å². The van der Waals surface area contributed by atoms with Crippen LogP contribution in [0.3, 0.4) is 0 Å². The van der Waals surface area contributed by atoms with E-state index in [2.05, 4.69) is 20.4 Å². The summed E-state index contributed by atoms with van der Waals surface area (Å²) in [6.45, 7) is 1.32. The van der Waals surface area contributed by atoms with Crippen molar-refractivity contribution in [1.82, 2.24) is 24.1 Å². The average molecular weight is 401 g/mol. The van der Waals surface area contributed by atoms with Crippen molar-refractivity contribution in [3.05, 3.63) is 46.4 Å². The number of carbonyl (C=O) groups is 1. The summed E-state index contributed by atoms with van der Waals surface area (Å²) < 4.78 is 16.6. The molecule has 0 radical (unpaired) electrons. The maximum Gasteiger partial charge on any atom is 0.352 e. The van der Waals surface area contributed by atoms with Crippen molar-refractivity contribution in [2.24, 2.45) is 0 Å². The van der Waals surface area contributed by atoms with Crippen LogP contribution in [0.15, 0.2) is 29.3 Å². The molecule has 0 aliphatic heterocycles. The lowest BCUT2D eigenvalue weighted by molar-refractivity contribution is -0.117. The molecule has 0 aliphatic rings. The van der Waals surface area contributed by atoms with Crippen LogP contribution in [0.2, 0.25) is 0 Å². The molecule has 144 valence electrons. The second kappa shape index (κ2) is 6.68. The molecule has 0 aliphatic carbocycles. The van der Waals surface area contributed by atoms with Crippen LogP contribution >= 0.6 is 11.3 Å². The lowest BCUT2D eigenvalue weighted by Gasteiger charge is -2.05. The molecule has 0 fully saturated rings. The fraction of sp³-hybridized carbons (Fsp3) is 0.235. The molecule has 1 amide bonds. The number of carbonyl (C=O) groups excluding carboxylic acids is 1. The van der Waals surface area contributed by atoms with Crippen LogP contribution in [0.4, 0.5) is 15.2 Å². The SMILES string of the molecule is Cc1ccc(NC(=O)Cn2nc3c4sc(N(C)C)nc4ncn3c2=O)cc1F. The first kappa shape index (κ1) is 18.0. The molecule has 0 spiro atoms. The van der Waals surface area contributed by atoms with Crippen LogP contribution in [0, 0.1) is 12.7 Å². The largest absolute Gasteiger partial charge is 0.354 e. The Morgan fingerprint density at radius 2 is 2.14 bits per heavy atom. The highest BCUT2D eigenvalue weighted by molar-refractivity contribution is 7.22. The third kappa shape index (κ3) is 3.09. The van der Waals surface area contributed by atoms with Crippen molar-refractivity contribution >= 4 is 44.1 Å². The number of amides is 1. The molecule has 3 aromatic heterocycles. The monoisotopic (exact) mass is 401 g/mol. The van der Waals surface area contributed by atoms with Gasteiger partial charge in [-0.2, -0.15) is 4.98 Å². The van der Waals surface area contributed by atoms with E-state index in [1.54, 1.807) is 19.1 Å². The zero-order chi connectivity index (χ0) is 20.0. The van der Waals surface area contributed by atoms with Gasteiger partial charge < -0.3 is 10.2 Å². The Hall–Kier alpha value is -3.34. The van der Waals surface area contributed by atoms with Gasteiger partial charge in [-0.25, -0.2) is 23.3 Å². The molecule has 1 N–H and O–H groups in total. The molecule has 0 saturated heterocycles. The summed E-state index contributed by atoms with van der Waals surface area (Å²) in [7, 11) is 3.72. The summed E-state index contributed by atoms with van der Waals surface area (Å²) in [6.07, 6.45) is 1.34. The first-order valence-electron chi connectivity index (χ1n) is 8.31. The summed E-state index contributed by atoms with van der Waals surface area (Å²) in [6, 6.07) is 4.39. The van der Waals surface area contributed by atoms with Crippen LogP contribution in [-0.2, 0) is 11.3 Å². The number of fused-ring (bicyclic) bond motifs is 3. The zero-order valence-corrected chi connectivity index (χ0v) is 16.1. The number of halogens is 1. The number of thiazole rings is 1. The van der Waals surface area contributed by atoms with E-state index in [0.29, 0.717) is 27.2 Å². The number of anilines is 2. The third-order valence-electron chi connectivity index (χ3n) is 4.10. The van der Waals surface area contributed by atoms with E-state index < -0.39 is 17.4 Å². The molecule has 4 aromatic rings. The van der Waals surface area contributed by atoms with Crippen molar-refractivity contribution in [2.45, 2.75) is 13.5 Å². The van der Waals surface area contributed by atoms with Gasteiger partial charge in [0.2, 0.25) is 5.91 Å². The van der Waals surface area contributed by atoms with E-state index in [1.165, 1.54) is 28.1 Å². The Balaban J connectivity index is 1.65. The summed E-state index contributed by atoms with van der Waals surface area (Å²) in [5, 5.41) is 7.57. The standard InChI is InChI=1S/C17H16FN7O2S/c1-9-4-5-10(6-11(9)18)20-12(26)7-25-17(27)24-8-19-14-13(15(24)22-25)28-16(21-14)23(2)3/h4-6,8H,7H2,1-3H3,(H,20,26). The van der Waals surface area contributed by atoms with Crippen molar-refractivity contribution < 1.29 is 9.18 Å². The Morgan fingerprint density at radius 3 is 2.86 bits per heavy atom. The Labute approximate surface area is 162 Å². The van der Waals surface area contributed by atoms with Gasteiger partial charge in [0.1, 0.15) is 23.4 Å². The fourth-order valence-electron chi connectivity index (χ4n) is 2.63. The normalized spacial score (nSPS) is 11.3. The van der Waals surface area contributed by atoms with Crippen LogP contribution < -0.4 is 15.9 Å². The molecule has 11 heteroatoms. The molecule has 28 heavy (non-hydrogen) atoms. The quantitative estimate of drug-likeness (QED) is 0.559. The van der Waals surface area contributed by atoms with Crippen molar-refractivity contribution in [3.63, 3.8) is 0 Å². The number of hydrogen-bond donors (Lipinski definition) is 1. The molecular weight excluding hydrogens is 385 g/mol.